The lowest BCUT2D eigenvalue weighted by molar-refractivity contribution is 0.348. The number of nitrogens with two attached hydrogens (primary N) is 1. The number of hydrogen-bond acceptors (Lipinski definition) is 4. The van der Waals surface area contributed by atoms with Crippen molar-refractivity contribution in [2.75, 3.05) is 0 Å². The maximum atomic E-state index is 5.90. The monoisotopic (exact) mass is 235 g/mol. The van der Waals surface area contributed by atoms with Gasteiger partial charge in [0.25, 0.3) is 0 Å². The lowest BCUT2D eigenvalue weighted by Crippen LogP contribution is -2.09. The largest absolute Gasteiger partial charge is 0.338 e. The fraction of sp³-hybridized carbons (Fsp3) is 0.692. The van der Waals surface area contributed by atoms with E-state index < -0.39 is 0 Å². The summed E-state index contributed by atoms with van der Waals surface area (Å²) < 4.78 is 5.23. The molecular formula is C13H21N3O. The molecule has 1 aromatic rings. The third-order valence-electron chi connectivity index (χ3n) is 3.68. The van der Waals surface area contributed by atoms with Gasteiger partial charge in [-0.3, -0.25) is 0 Å². The molecule has 1 fully saturated rings. The van der Waals surface area contributed by atoms with Crippen LogP contribution in [0.4, 0.5) is 0 Å². The molecule has 1 heterocycles. The van der Waals surface area contributed by atoms with E-state index in [4.69, 9.17) is 10.3 Å². The normalized spacial score (nSPS) is 26.0. The number of aromatic nitrogens is 2. The summed E-state index contributed by atoms with van der Waals surface area (Å²) in [5.41, 5.74) is 5.90. The summed E-state index contributed by atoms with van der Waals surface area (Å²) in [6.07, 6.45) is 7.34. The number of nitrogens with zero attached hydrogens (tertiary/aromatic N) is 2. The highest BCUT2D eigenvalue weighted by molar-refractivity contribution is 5.02. The Morgan fingerprint density at radius 1 is 1.59 bits per heavy atom. The fourth-order valence-electron chi connectivity index (χ4n) is 2.52. The molecule has 4 nitrogen and oxygen atoms in total. The summed E-state index contributed by atoms with van der Waals surface area (Å²) in [6.45, 7) is 5.91. The third kappa shape index (κ3) is 2.75. The Kier molecular flexibility index (Phi) is 3.94. The lowest BCUT2D eigenvalue weighted by Gasteiger charge is -2.04. The van der Waals surface area contributed by atoms with E-state index in [1.54, 1.807) is 6.08 Å². The summed E-state index contributed by atoms with van der Waals surface area (Å²) in [5, 5.41) is 4.07. The van der Waals surface area contributed by atoms with Gasteiger partial charge in [-0.2, -0.15) is 4.98 Å². The summed E-state index contributed by atoms with van der Waals surface area (Å²) in [4.78, 5) is 4.43. The maximum Gasteiger partial charge on any atom is 0.243 e. The molecule has 2 rings (SSSR count). The highest BCUT2D eigenvalue weighted by Crippen LogP contribution is 2.38. The van der Waals surface area contributed by atoms with Crippen LogP contribution in [-0.4, -0.2) is 10.1 Å². The quantitative estimate of drug-likeness (QED) is 0.797. The van der Waals surface area contributed by atoms with Crippen LogP contribution < -0.4 is 5.73 Å². The predicted octanol–water partition coefficient (Wildman–Crippen LogP) is 2.94. The van der Waals surface area contributed by atoms with Gasteiger partial charge in [0.1, 0.15) is 0 Å². The molecule has 3 unspecified atom stereocenters. The van der Waals surface area contributed by atoms with Crippen molar-refractivity contribution in [1.82, 2.24) is 10.1 Å². The van der Waals surface area contributed by atoms with Crippen LogP contribution in [0.5, 0.6) is 0 Å². The Labute approximate surface area is 102 Å². The maximum absolute atomic E-state index is 5.90. The molecule has 0 bridgehead atoms. The van der Waals surface area contributed by atoms with Gasteiger partial charge in [0.2, 0.25) is 5.89 Å². The molecule has 1 saturated carbocycles. The molecule has 2 N–H and O–H groups in total. The molecule has 1 aliphatic carbocycles. The summed E-state index contributed by atoms with van der Waals surface area (Å²) >= 11 is 0. The smallest absolute Gasteiger partial charge is 0.243 e. The minimum Gasteiger partial charge on any atom is -0.338 e. The van der Waals surface area contributed by atoms with E-state index in [2.05, 4.69) is 23.6 Å². The van der Waals surface area contributed by atoms with Crippen molar-refractivity contribution >= 4 is 0 Å². The summed E-state index contributed by atoms with van der Waals surface area (Å²) in [6, 6.07) is -0.211. The molecular weight excluding hydrogens is 214 g/mol. The fourth-order valence-corrected chi connectivity index (χ4v) is 2.52. The van der Waals surface area contributed by atoms with Gasteiger partial charge in [-0.05, 0) is 31.6 Å². The van der Waals surface area contributed by atoms with E-state index in [0.29, 0.717) is 18.2 Å². The van der Waals surface area contributed by atoms with Gasteiger partial charge in [0.15, 0.2) is 5.82 Å². The molecule has 94 valence electrons. The van der Waals surface area contributed by atoms with E-state index in [9.17, 15) is 0 Å². The van der Waals surface area contributed by atoms with Gasteiger partial charge in [-0.25, -0.2) is 0 Å². The number of hydrogen-bond donors (Lipinski definition) is 1. The van der Waals surface area contributed by atoms with Crippen LogP contribution in [-0.2, 0) is 0 Å². The van der Waals surface area contributed by atoms with Crippen molar-refractivity contribution in [2.45, 2.75) is 51.0 Å². The SMILES string of the molecule is C=CCC(N)c1nc(C2CCC(CC)C2)no1. The summed E-state index contributed by atoms with van der Waals surface area (Å²) in [7, 11) is 0. The molecule has 4 heteroatoms. The van der Waals surface area contributed by atoms with Crippen molar-refractivity contribution in [3.63, 3.8) is 0 Å². The van der Waals surface area contributed by atoms with Crippen molar-refractivity contribution in [2.24, 2.45) is 11.7 Å². The summed E-state index contributed by atoms with van der Waals surface area (Å²) in [5.74, 6) is 2.67. The highest BCUT2D eigenvalue weighted by Gasteiger charge is 2.28. The molecule has 0 aromatic carbocycles. The first-order valence-electron chi connectivity index (χ1n) is 6.44. The topological polar surface area (TPSA) is 64.9 Å². The Morgan fingerprint density at radius 2 is 2.41 bits per heavy atom. The van der Waals surface area contributed by atoms with Crippen LogP contribution in [0.15, 0.2) is 17.2 Å². The Morgan fingerprint density at radius 3 is 3.06 bits per heavy atom. The zero-order valence-electron chi connectivity index (χ0n) is 10.4. The van der Waals surface area contributed by atoms with Gasteiger partial charge < -0.3 is 10.3 Å². The van der Waals surface area contributed by atoms with E-state index in [0.717, 1.165) is 11.7 Å². The molecule has 0 saturated heterocycles. The molecule has 0 radical (unpaired) electrons. The zero-order valence-corrected chi connectivity index (χ0v) is 10.4. The van der Waals surface area contributed by atoms with Crippen LogP contribution in [0.2, 0.25) is 0 Å². The standard InChI is InChI=1S/C13H21N3O/c1-3-5-11(14)13-15-12(16-17-13)10-7-6-9(4-2)8-10/h3,9-11H,1,4-8,14H2,2H3. The Balaban J connectivity index is 2.01. The second-order valence-electron chi connectivity index (χ2n) is 4.91. The number of rotatable bonds is 5. The molecule has 17 heavy (non-hydrogen) atoms. The van der Waals surface area contributed by atoms with Gasteiger partial charge >= 0.3 is 0 Å². The van der Waals surface area contributed by atoms with Gasteiger partial charge in [0.05, 0.1) is 6.04 Å². The average molecular weight is 235 g/mol. The van der Waals surface area contributed by atoms with E-state index in [-0.39, 0.29) is 6.04 Å². The van der Waals surface area contributed by atoms with Crippen molar-refractivity contribution in [1.29, 1.82) is 0 Å². The van der Waals surface area contributed by atoms with Crippen LogP contribution in [0.3, 0.4) is 0 Å². The van der Waals surface area contributed by atoms with Crippen LogP contribution in [0.25, 0.3) is 0 Å². The molecule has 1 aliphatic rings. The Bertz CT molecular complexity index is 374. The molecule has 1 aromatic heterocycles. The molecule has 3 atom stereocenters. The Hall–Kier alpha value is -1.16. The van der Waals surface area contributed by atoms with Crippen LogP contribution in [0, 0.1) is 5.92 Å². The third-order valence-corrected chi connectivity index (χ3v) is 3.68. The van der Waals surface area contributed by atoms with Crippen molar-refractivity contribution in [3.8, 4) is 0 Å². The first-order chi connectivity index (χ1) is 8.24. The lowest BCUT2D eigenvalue weighted by atomic mass is 10.0. The van der Waals surface area contributed by atoms with Gasteiger partial charge in [0, 0.05) is 5.92 Å². The van der Waals surface area contributed by atoms with Crippen LogP contribution in [0.1, 0.15) is 62.7 Å². The minimum absolute atomic E-state index is 0.211. The van der Waals surface area contributed by atoms with E-state index in [1.165, 1.54) is 25.7 Å². The highest BCUT2D eigenvalue weighted by atomic mass is 16.5. The van der Waals surface area contributed by atoms with Crippen molar-refractivity contribution in [3.05, 3.63) is 24.4 Å². The van der Waals surface area contributed by atoms with E-state index in [1.807, 2.05) is 0 Å². The first-order valence-corrected chi connectivity index (χ1v) is 6.44. The van der Waals surface area contributed by atoms with Crippen LogP contribution >= 0.6 is 0 Å². The van der Waals surface area contributed by atoms with E-state index >= 15 is 0 Å². The minimum atomic E-state index is -0.211. The molecule has 0 amide bonds. The second kappa shape index (κ2) is 5.45. The van der Waals surface area contributed by atoms with Gasteiger partial charge in [-0.15, -0.1) is 6.58 Å². The molecule has 0 aliphatic heterocycles. The van der Waals surface area contributed by atoms with Gasteiger partial charge in [-0.1, -0.05) is 24.6 Å². The van der Waals surface area contributed by atoms with Crippen molar-refractivity contribution < 1.29 is 4.52 Å². The predicted molar refractivity (Wildman–Crippen MR) is 66.4 cm³/mol. The first kappa shape index (κ1) is 12.3. The zero-order chi connectivity index (χ0) is 12.3. The second-order valence-corrected chi connectivity index (χ2v) is 4.91. The molecule has 0 spiro atoms. The average Bonchev–Trinajstić information content (AvgIpc) is 2.98.